The van der Waals surface area contributed by atoms with E-state index in [4.69, 9.17) is 5.73 Å². The Kier molecular flexibility index (Phi) is 2.28. The van der Waals surface area contributed by atoms with Crippen LogP contribution < -0.4 is 17.1 Å². The van der Waals surface area contributed by atoms with Gasteiger partial charge in [-0.25, -0.2) is 24.4 Å². The average Bonchev–Trinajstić information content (AvgIpc) is 2.67. The number of aromatic amines is 2. The molecule has 2 unspecified atom stereocenters. The summed E-state index contributed by atoms with van der Waals surface area (Å²) in [6, 6.07) is 0.230. The first-order valence-electron chi connectivity index (χ1n) is 4.80. The average molecular weight is 198 g/mol. The van der Waals surface area contributed by atoms with Crippen molar-refractivity contribution in [3.8, 4) is 0 Å². The smallest absolute Gasteiger partial charge is 0.328 e. The van der Waals surface area contributed by atoms with Crippen molar-refractivity contribution >= 4 is 0 Å². The zero-order valence-corrected chi connectivity index (χ0v) is 7.82. The van der Waals surface area contributed by atoms with Gasteiger partial charge in [-0.2, -0.15) is 0 Å². The predicted molar refractivity (Wildman–Crippen MR) is 51.0 cm³/mol. The van der Waals surface area contributed by atoms with E-state index in [-0.39, 0.29) is 17.4 Å². The summed E-state index contributed by atoms with van der Waals surface area (Å²) in [5, 5.41) is 4.52. The van der Waals surface area contributed by atoms with E-state index in [0.717, 1.165) is 19.3 Å². The van der Waals surface area contributed by atoms with Crippen LogP contribution in [0.3, 0.4) is 0 Å². The highest BCUT2D eigenvalue weighted by atomic mass is 16.2. The molecule has 0 radical (unpaired) electrons. The van der Waals surface area contributed by atoms with E-state index in [1.807, 2.05) is 0 Å². The third-order valence-electron chi connectivity index (χ3n) is 2.79. The summed E-state index contributed by atoms with van der Waals surface area (Å²) < 4.78 is 1.20. The Morgan fingerprint density at radius 2 is 1.93 bits per heavy atom. The van der Waals surface area contributed by atoms with Crippen molar-refractivity contribution in [2.75, 3.05) is 0 Å². The molecule has 2 atom stereocenters. The van der Waals surface area contributed by atoms with Gasteiger partial charge in [-0.1, -0.05) is 0 Å². The molecule has 1 aliphatic carbocycles. The lowest BCUT2D eigenvalue weighted by molar-refractivity contribution is 0.437. The van der Waals surface area contributed by atoms with Gasteiger partial charge < -0.3 is 5.73 Å². The highest BCUT2D eigenvalue weighted by Gasteiger charge is 2.23. The van der Waals surface area contributed by atoms with Gasteiger partial charge in [0.1, 0.15) is 0 Å². The first-order valence-corrected chi connectivity index (χ1v) is 4.80. The molecule has 0 saturated heterocycles. The SMILES string of the molecule is NC1CCC(Cn2c(=O)[nH][nH]c2=O)C1. The molecule has 1 aliphatic rings. The van der Waals surface area contributed by atoms with Gasteiger partial charge in [-0.3, -0.25) is 0 Å². The monoisotopic (exact) mass is 198 g/mol. The fourth-order valence-electron chi connectivity index (χ4n) is 2.04. The van der Waals surface area contributed by atoms with Crippen molar-refractivity contribution in [2.24, 2.45) is 11.7 Å². The lowest BCUT2D eigenvalue weighted by atomic mass is 10.1. The third-order valence-corrected chi connectivity index (χ3v) is 2.79. The summed E-state index contributed by atoms with van der Waals surface area (Å²) in [6.45, 7) is 0.478. The molecule has 1 aromatic heterocycles. The van der Waals surface area contributed by atoms with Crippen LogP contribution in [0.15, 0.2) is 9.59 Å². The number of rotatable bonds is 2. The van der Waals surface area contributed by atoms with E-state index in [1.54, 1.807) is 0 Å². The second-order valence-corrected chi connectivity index (χ2v) is 3.91. The Hall–Kier alpha value is -1.30. The normalized spacial score (nSPS) is 26.9. The van der Waals surface area contributed by atoms with Gasteiger partial charge in [0.25, 0.3) is 0 Å². The first kappa shape index (κ1) is 9.26. The molecule has 0 spiro atoms. The minimum atomic E-state index is -0.365. The van der Waals surface area contributed by atoms with E-state index in [0.29, 0.717) is 12.5 Å². The molecule has 1 heterocycles. The van der Waals surface area contributed by atoms with Gasteiger partial charge in [0.05, 0.1) is 0 Å². The highest BCUT2D eigenvalue weighted by Crippen LogP contribution is 2.24. The second kappa shape index (κ2) is 3.45. The Bertz CT molecular complexity index is 388. The zero-order chi connectivity index (χ0) is 10.1. The summed E-state index contributed by atoms with van der Waals surface area (Å²) in [6.07, 6.45) is 2.89. The largest absolute Gasteiger partial charge is 0.344 e. The quantitative estimate of drug-likeness (QED) is 0.568. The van der Waals surface area contributed by atoms with Crippen LogP contribution in [-0.4, -0.2) is 20.8 Å². The fourth-order valence-corrected chi connectivity index (χ4v) is 2.04. The van der Waals surface area contributed by atoms with Gasteiger partial charge in [-0.15, -0.1) is 0 Å². The second-order valence-electron chi connectivity index (χ2n) is 3.91. The number of hydrogen-bond acceptors (Lipinski definition) is 3. The lowest BCUT2D eigenvalue weighted by Gasteiger charge is -2.07. The Morgan fingerprint density at radius 1 is 1.29 bits per heavy atom. The van der Waals surface area contributed by atoms with E-state index < -0.39 is 0 Å². The molecule has 1 aromatic rings. The first-order chi connectivity index (χ1) is 6.66. The van der Waals surface area contributed by atoms with E-state index >= 15 is 0 Å². The molecule has 1 fully saturated rings. The maximum atomic E-state index is 11.2. The maximum absolute atomic E-state index is 11.2. The van der Waals surface area contributed by atoms with Crippen molar-refractivity contribution in [3.05, 3.63) is 21.0 Å². The minimum Gasteiger partial charge on any atom is -0.328 e. The molecule has 2 rings (SSSR count). The van der Waals surface area contributed by atoms with Crippen LogP contribution in [0.4, 0.5) is 0 Å². The number of aromatic nitrogens is 3. The number of hydrogen-bond donors (Lipinski definition) is 3. The summed E-state index contributed by atoms with van der Waals surface area (Å²) in [7, 11) is 0. The lowest BCUT2D eigenvalue weighted by Crippen LogP contribution is -2.29. The molecule has 0 amide bonds. The molecule has 0 aliphatic heterocycles. The van der Waals surface area contributed by atoms with Crippen LogP contribution in [0, 0.1) is 5.92 Å². The Morgan fingerprint density at radius 3 is 2.43 bits per heavy atom. The molecule has 6 heteroatoms. The molecule has 4 N–H and O–H groups in total. The summed E-state index contributed by atoms with van der Waals surface area (Å²) in [4.78, 5) is 22.3. The number of H-pyrrole nitrogens is 2. The maximum Gasteiger partial charge on any atom is 0.344 e. The van der Waals surface area contributed by atoms with Crippen LogP contribution in [0.5, 0.6) is 0 Å². The van der Waals surface area contributed by atoms with Crippen LogP contribution in [0.1, 0.15) is 19.3 Å². The molecular weight excluding hydrogens is 184 g/mol. The Labute approximate surface area is 80.1 Å². The van der Waals surface area contributed by atoms with Gasteiger partial charge in [-0.05, 0) is 25.2 Å². The topological polar surface area (TPSA) is 96.7 Å². The van der Waals surface area contributed by atoms with E-state index in [2.05, 4.69) is 10.2 Å². The van der Waals surface area contributed by atoms with Crippen molar-refractivity contribution in [1.29, 1.82) is 0 Å². The van der Waals surface area contributed by atoms with Gasteiger partial charge in [0.2, 0.25) is 0 Å². The molecule has 14 heavy (non-hydrogen) atoms. The number of nitrogens with one attached hydrogen (secondary N) is 2. The fraction of sp³-hybridized carbons (Fsp3) is 0.750. The van der Waals surface area contributed by atoms with Gasteiger partial charge in [0, 0.05) is 12.6 Å². The summed E-state index contributed by atoms with van der Waals surface area (Å²) >= 11 is 0. The van der Waals surface area contributed by atoms with Crippen LogP contribution in [0.2, 0.25) is 0 Å². The molecule has 1 saturated carbocycles. The highest BCUT2D eigenvalue weighted by molar-refractivity contribution is 4.79. The summed E-state index contributed by atoms with van der Waals surface area (Å²) in [5.41, 5.74) is 5.02. The van der Waals surface area contributed by atoms with Crippen LogP contribution in [-0.2, 0) is 6.54 Å². The van der Waals surface area contributed by atoms with E-state index in [1.165, 1.54) is 4.57 Å². The van der Waals surface area contributed by atoms with Crippen molar-refractivity contribution < 1.29 is 0 Å². The number of nitrogens with two attached hydrogens (primary N) is 1. The van der Waals surface area contributed by atoms with Gasteiger partial charge in [0.15, 0.2) is 0 Å². The van der Waals surface area contributed by atoms with Crippen molar-refractivity contribution in [3.63, 3.8) is 0 Å². The van der Waals surface area contributed by atoms with E-state index in [9.17, 15) is 9.59 Å². The molecule has 6 nitrogen and oxygen atoms in total. The third kappa shape index (κ3) is 1.65. The predicted octanol–water partition coefficient (Wildman–Crippen LogP) is -1.01. The number of nitrogens with zero attached hydrogens (tertiary/aromatic N) is 1. The van der Waals surface area contributed by atoms with Crippen molar-refractivity contribution in [1.82, 2.24) is 14.8 Å². The minimum absolute atomic E-state index is 0.230. The van der Waals surface area contributed by atoms with Gasteiger partial charge >= 0.3 is 11.4 Å². The molecule has 78 valence electrons. The summed E-state index contributed by atoms with van der Waals surface area (Å²) in [5.74, 6) is 0.361. The zero-order valence-electron chi connectivity index (χ0n) is 7.82. The molecular formula is C8H14N4O2. The molecule has 0 aromatic carbocycles. The molecule has 0 bridgehead atoms. The van der Waals surface area contributed by atoms with Crippen LogP contribution >= 0.6 is 0 Å². The standard InChI is InChI=1S/C8H14N4O2/c9-6-2-1-5(3-6)4-12-7(13)10-11-8(12)14/h5-6H,1-4,9H2,(H,10,13)(H,11,14). The van der Waals surface area contributed by atoms with Crippen LogP contribution in [0.25, 0.3) is 0 Å². The van der Waals surface area contributed by atoms with Crippen molar-refractivity contribution in [2.45, 2.75) is 31.8 Å². The Balaban J connectivity index is 2.11.